The molecule has 1 rings (SSSR count). The molecule has 0 aliphatic rings. The van der Waals surface area contributed by atoms with Gasteiger partial charge in [0.15, 0.2) is 0 Å². The fourth-order valence-corrected chi connectivity index (χ4v) is 1.49. The smallest absolute Gasteiger partial charge is 0.0224 e. The highest BCUT2D eigenvalue weighted by atomic mass is 14.0. The van der Waals surface area contributed by atoms with E-state index in [-0.39, 0.29) is 0 Å². The molecule has 0 atom stereocenters. The summed E-state index contributed by atoms with van der Waals surface area (Å²) in [5.74, 6) is 0. The van der Waals surface area contributed by atoms with Crippen LogP contribution >= 0.6 is 0 Å². The second-order valence-corrected chi connectivity index (χ2v) is 3.61. The molecule has 0 aliphatic carbocycles. The van der Waals surface area contributed by atoms with E-state index < -0.39 is 0 Å². The molecule has 78 valence electrons. The Bertz CT molecular complexity index is 394. The van der Waals surface area contributed by atoms with Gasteiger partial charge in [-0.2, -0.15) is 0 Å². The second kappa shape index (κ2) is 5.35. The Hall–Kier alpha value is -1.56. The fourth-order valence-electron chi connectivity index (χ4n) is 1.49. The number of rotatable bonds is 4. The van der Waals surface area contributed by atoms with Gasteiger partial charge in [0, 0.05) is 0 Å². The highest BCUT2D eigenvalue weighted by Crippen LogP contribution is 2.19. The highest BCUT2D eigenvalue weighted by molar-refractivity contribution is 5.62. The lowest BCUT2D eigenvalue weighted by Gasteiger charge is -2.06. The van der Waals surface area contributed by atoms with Crippen LogP contribution in [0.2, 0.25) is 0 Å². The molecular formula is C15H18. The summed E-state index contributed by atoms with van der Waals surface area (Å²) in [5, 5.41) is 0. The van der Waals surface area contributed by atoms with Gasteiger partial charge in [0.1, 0.15) is 0 Å². The zero-order valence-electron chi connectivity index (χ0n) is 9.59. The number of aryl methyl sites for hydroxylation is 1. The SMILES string of the molecule is C=CC(=C)/C(=C\c1ccccc1C)CC. The topological polar surface area (TPSA) is 0 Å². The second-order valence-electron chi connectivity index (χ2n) is 3.61. The maximum Gasteiger partial charge on any atom is -0.0224 e. The molecule has 0 saturated heterocycles. The zero-order valence-corrected chi connectivity index (χ0v) is 9.59. The van der Waals surface area contributed by atoms with Crippen LogP contribution in [0.15, 0.2) is 54.6 Å². The van der Waals surface area contributed by atoms with Crippen molar-refractivity contribution in [2.24, 2.45) is 0 Å². The third-order valence-corrected chi connectivity index (χ3v) is 2.56. The predicted octanol–water partition coefficient (Wildman–Crippen LogP) is 4.53. The van der Waals surface area contributed by atoms with Crippen molar-refractivity contribution >= 4 is 6.08 Å². The zero-order chi connectivity index (χ0) is 11.3. The Kier molecular flexibility index (Phi) is 4.11. The lowest BCUT2D eigenvalue weighted by Crippen LogP contribution is -1.85. The Morgan fingerprint density at radius 1 is 1.33 bits per heavy atom. The molecule has 0 spiro atoms. The van der Waals surface area contributed by atoms with Gasteiger partial charge >= 0.3 is 0 Å². The molecule has 0 nitrogen and oxygen atoms in total. The van der Waals surface area contributed by atoms with Crippen LogP contribution in [0.3, 0.4) is 0 Å². The van der Waals surface area contributed by atoms with Crippen molar-refractivity contribution in [1.29, 1.82) is 0 Å². The molecule has 0 aliphatic heterocycles. The van der Waals surface area contributed by atoms with Crippen LogP contribution in [0.1, 0.15) is 24.5 Å². The van der Waals surface area contributed by atoms with Crippen LogP contribution in [0.4, 0.5) is 0 Å². The minimum absolute atomic E-state index is 0.985. The monoisotopic (exact) mass is 198 g/mol. The summed E-state index contributed by atoms with van der Waals surface area (Å²) in [6.45, 7) is 12.0. The Labute approximate surface area is 92.6 Å². The molecule has 0 unspecified atom stereocenters. The maximum absolute atomic E-state index is 3.98. The summed E-state index contributed by atoms with van der Waals surface area (Å²) in [6.07, 6.45) is 4.99. The largest absolute Gasteiger partial charge is 0.0985 e. The molecule has 0 heteroatoms. The molecule has 1 aromatic carbocycles. The number of allylic oxidation sites excluding steroid dienone is 3. The lowest BCUT2D eigenvalue weighted by atomic mass is 10.00. The van der Waals surface area contributed by atoms with E-state index in [2.05, 4.69) is 57.3 Å². The van der Waals surface area contributed by atoms with Gasteiger partial charge in [-0.1, -0.05) is 56.5 Å². The first-order chi connectivity index (χ1) is 7.19. The molecule has 0 amide bonds. The molecule has 0 radical (unpaired) electrons. The van der Waals surface area contributed by atoms with Crippen LogP contribution in [0.25, 0.3) is 6.08 Å². The minimum atomic E-state index is 0.985. The summed E-state index contributed by atoms with van der Waals surface area (Å²) in [7, 11) is 0. The third kappa shape index (κ3) is 2.95. The number of hydrogen-bond acceptors (Lipinski definition) is 0. The molecule has 0 bridgehead atoms. The summed E-state index contributed by atoms with van der Waals surface area (Å²) < 4.78 is 0. The van der Waals surface area contributed by atoms with Gasteiger partial charge in [-0.25, -0.2) is 0 Å². The summed E-state index contributed by atoms with van der Waals surface area (Å²) in [6, 6.07) is 8.36. The van der Waals surface area contributed by atoms with E-state index in [1.807, 2.05) is 6.08 Å². The van der Waals surface area contributed by atoms with E-state index in [0.717, 1.165) is 12.0 Å². The van der Waals surface area contributed by atoms with Gasteiger partial charge < -0.3 is 0 Å². The van der Waals surface area contributed by atoms with Gasteiger partial charge in [0.2, 0.25) is 0 Å². The molecule has 0 fully saturated rings. The van der Waals surface area contributed by atoms with E-state index in [1.165, 1.54) is 16.7 Å². The average molecular weight is 198 g/mol. The third-order valence-electron chi connectivity index (χ3n) is 2.56. The molecule has 0 aromatic heterocycles. The first-order valence-corrected chi connectivity index (χ1v) is 5.27. The number of benzene rings is 1. The van der Waals surface area contributed by atoms with Crippen LogP contribution in [-0.4, -0.2) is 0 Å². The molecule has 0 heterocycles. The Balaban J connectivity index is 3.09. The molecule has 0 saturated carbocycles. The van der Waals surface area contributed by atoms with Crippen molar-refractivity contribution in [2.45, 2.75) is 20.3 Å². The first kappa shape index (κ1) is 11.5. The predicted molar refractivity (Wildman–Crippen MR) is 68.8 cm³/mol. The molecular weight excluding hydrogens is 180 g/mol. The van der Waals surface area contributed by atoms with Crippen molar-refractivity contribution < 1.29 is 0 Å². The van der Waals surface area contributed by atoms with E-state index in [0.29, 0.717) is 0 Å². The quantitative estimate of drug-likeness (QED) is 0.623. The van der Waals surface area contributed by atoms with E-state index >= 15 is 0 Å². The molecule has 15 heavy (non-hydrogen) atoms. The number of hydrogen-bond donors (Lipinski definition) is 0. The summed E-state index contributed by atoms with van der Waals surface area (Å²) in [5.41, 5.74) is 4.82. The van der Waals surface area contributed by atoms with Gasteiger partial charge in [0.25, 0.3) is 0 Å². The summed E-state index contributed by atoms with van der Waals surface area (Å²) >= 11 is 0. The van der Waals surface area contributed by atoms with E-state index in [9.17, 15) is 0 Å². The molecule has 1 aromatic rings. The fraction of sp³-hybridized carbons (Fsp3) is 0.200. The first-order valence-electron chi connectivity index (χ1n) is 5.27. The van der Waals surface area contributed by atoms with Crippen LogP contribution < -0.4 is 0 Å². The Morgan fingerprint density at radius 3 is 2.53 bits per heavy atom. The van der Waals surface area contributed by atoms with Gasteiger partial charge in [-0.05, 0) is 35.6 Å². The van der Waals surface area contributed by atoms with Crippen molar-refractivity contribution in [3.63, 3.8) is 0 Å². The van der Waals surface area contributed by atoms with Gasteiger partial charge in [-0.3, -0.25) is 0 Å². The highest BCUT2D eigenvalue weighted by Gasteiger charge is 1.98. The van der Waals surface area contributed by atoms with Crippen LogP contribution in [-0.2, 0) is 0 Å². The van der Waals surface area contributed by atoms with Crippen molar-refractivity contribution in [3.8, 4) is 0 Å². The van der Waals surface area contributed by atoms with E-state index in [1.54, 1.807) is 0 Å². The summed E-state index contributed by atoms with van der Waals surface area (Å²) in [4.78, 5) is 0. The maximum atomic E-state index is 3.98. The van der Waals surface area contributed by atoms with Crippen LogP contribution in [0, 0.1) is 6.92 Å². The average Bonchev–Trinajstić information content (AvgIpc) is 2.27. The standard InChI is InChI=1S/C15H18/c1-5-12(3)14(6-2)11-15-10-8-7-9-13(15)4/h5,7-11H,1,3,6H2,2,4H3/b14-11-. The van der Waals surface area contributed by atoms with Gasteiger partial charge in [-0.15, -0.1) is 0 Å². The van der Waals surface area contributed by atoms with E-state index in [4.69, 9.17) is 0 Å². The minimum Gasteiger partial charge on any atom is -0.0985 e. The van der Waals surface area contributed by atoms with Crippen molar-refractivity contribution in [2.75, 3.05) is 0 Å². The van der Waals surface area contributed by atoms with Crippen LogP contribution in [0.5, 0.6) is 0 Å². The molecule has 0 N–H and O–H groups in total. The van der Waals surface area contributed by atoms with Crippen molar-refractivity contribution in [1.82, 2.24) is 0 Å². The Morgan fingerprint density at radius 2 is 2.00 bits per heavy atom. The normalized spacial score (nSPS) is 11.2. The van der Waals surface area contributed by atoms with Crippen molar-refractivity contribution in [3.05, 3.63) is 65.8 Å². The van der Waals surface area contributed by atoms with Gasteiger partial charge in [0.05, 0.1) is 0 Å². The lowest BCUT2D eigenvalue weighted by molar-refractivity contribution is 1.14.